The van der Waals surface area contributed by atoms with Crippen LogP contribution in [0, 0.1) is 6.92 Å². The molecule has 2 nitrogen and oxygen atoms in total. The Morgan fingerprint density at radius 2 is 1.94 bits per heavy atom. The first kappa shape index (κ1) is 11.4. The standard InChI is InChI=1S/C15H14N2S/c1-12-6-2-3-7-13(12)11-18-15-16-10-14-8-4-5-9-17(14)15/h2-10H,11H2,1H3. The van der Waals surface area contributed by atoms with Crippen LogP contribution in [-0.4, -0.2) is 9.38 Å². The Kier molecular flexibility index (Phi) is 3.07. The van der Waals surface area contributed by atoms with Gasteiger partial charge in [-0.3, -0.25) is 4.40 Å². The summed E-state index contributed by atoms with van der Waals surface area (Å²) in [6, 6.07) is 14.6. The summed E-state index contributed by atoms with van der Waals surface area (Å²) in [6.07, 6.45) is 3.97. The molecule has 2 aromatic heterocycles. The molecule has 2 heterocycles. The van der Waals surface area contributed by atoms with E-state index in [0.717, 1.165) is 16.4 Å². The van der Waals surface area contributed by atoms with Crippen molar-refractivity contribution in [2.75, 3.05) is 0 Å². The molecule has 0 unspecified atom stereocenters. The number of benzene rings is 1. The van der Waals surface area contributed by atoms with Gasteiger partial charge in [0, 0.05) is 11.9 Å². The quantitative estimate of drug-likeness (QED) is 0.659. The summed E-state index contributed by atoms with van der Waals surface area (Å²) in [4.78, 5) is 4.47. The van der Waals surface area contributed by atoms with Gasteiger partial charge < -0.3 is 0 Å². The number of hydrogen-bond donors (Lipinski definition) is 0. The van der Waals surface area contributed by atoms with Crippen molar-refractivity contribution >= 4 is 17.3 Å². The number of thioether (sulfide) groups is 1. The Hall–Kier alpha value is -1.74. The van der Waals surface area contributed by atoms with Crippen molar-refractivity contribution < 1.29 is 0 Å². The lowest BCUT2D eigenvalue weighted by molar-refractivity contribution is 0.957. The molecule has 0 fully saturated rings. The number of imidazole rings is 1. The zero-order chi connectivity index (χ0) is 12.4. The second-order valence-corrected chi connectivity index (χ2v) is 5.19. The Morgan fingerprint density at radius 1 is 1.11 bits per heavy atom. The summed E-state index contributed by atoms with van der Waals surface area (Å²) >= 11 is 1.78. The van der Waals surface area contributed by atoms with Crippen molar-refractivity contribution in [2.45, 2.75) is 17.8 Å². The van der Waals surface area contributed by atoms with Crippen molar-refractivity contribution in [1.82, 2.24) is 9.38 Å². The van der Waals surface area contributed by atoms with Crippen molar-refractivity contribution in [3.8, 4) is 0 Å². The van der Waals surface area contributed by atoms with E-state index in [4.69, 9.17) is 0 Å². The largest absolute Gasteiger partial charge is 0.295 e. The molecule has 90 valence electrons. The topological polar surface area (TPSA) is 17.3 Å². The van der Waals surface area contributed by atoms with Gasteiger partial charge in [0.2, 0.25) is 0 Å². The van der Waals surface area contributed by atoms with Gasteiger partial charge in [-0.2, -0.15) is 0 Å². The van der Waals surface area contributed by atoms with E-state index in [0.29, 0.717) is 0 Å². The van der Waals surface area contributed by atoms with E-state index in [9.17, 15) is 0 Å². The number of nitrogens with zero attached hydrogens (tertiary/aromatic N) is 2. The Morgan fingerprint density at radius 3 is 2.83 bits per heavy atom. The lowest BCUT2D eigenvalue weighted by Gasteiger charge is -2.04. The van der Waals surface area contributed by atoms with E-state index in [2.05, 4.69) is 52.8 Å². The van der Waals surface area contributed by atoms with E-state index in [1.807, 2.05) is 18.3 Å². The first-order chi connectivity index (χ1) is 8.84. The van der Waals surface area contributed by atoms with Gasteiger partial charge in [-0.25, -0.2) is 4.98 Å². The van der Waals surface area contributed by atoms with Gasteiger partial charge in [0.15, 0.2) is 5.16 Å². The molecule has 0 N–H and O–H groups in total. The normalized spacial score (nSPS) is 10.9. The third-order valence-corrected chi connectivity index (χ3v) is 4.04. The van der Waals surface area contributed by atoms with E-state index in [1.165, 1.54) is 11.1 Å². The number of fused-ring (bicyclic) bond motifs is 1. The maximum absolute atomic E-state index is 4.47. The minimum absolute atomic E-state index is 0.959. The average Bonchev–Trinajstić information content (AvgIpc) is 2.81. The summed E-state index contributed by atoms with van der Waals surface area (Å²) < 4.78 is 2.13. The predicted molar refractivity (Wildman–Crippen MR) is 75.9 cm³/mol. The summed E-state index contributed by atoms with van der Waals surface area (Å²) in [5.41, 5.74) is 3.85. The highest BCUT2D eigenvalue weighted by Crippen LogP contribution is 2.23. The molecule has 0 amide bonds. The first-order valence-electron chi connectivity index (χ1n) is 5.94. The van der Waals surface area contributed by atoms with Crippen molar-refractivity contribution in [1.29, 1.82) is 0 Å². The minimum Gasteiger partial charge on any atom is -0.295 e. The summed E-state index contributed by atoms with van der Waals surface area (Å²) in [5.74, 6) is 0.959. The number of aryl methyl sites for hydroxylation is 1. The Bertz CT molecular complexity index is 673. The smallest absolute Gasteiger partial charge is 0.172 e. The van der Waals surface area contributed by atoms with Crippen LogP contribution < -0.4 is 0 Å². The van der Waals surface area contributed by atoms with Crippen molar-refractivity contribution in [3.63, 3.8) is 0 Å². The third-order valence-electron chi connectivity index (χ3n) is 3.02. The highest BCUT2D eigenvalue weighted by molar-refractivity contribution is 7.98. The van der Waals surface area contributed by atoms with Gasteiger partial charge in [-0.15, -0.1) is 0 Å². The SMILES string of the molecule is Cc1ccccc1CSc1ncc2ccccn12. The number of pyridine rings is 1. The molecular formula is C15H14N2S. The van der Waals surface area contributed by atoms with E-state index in [-0.39, 0.29) is 0 Å². The molecule has 0 aliphatic carbocycles. The van der Waals surface area contributed by atoms with Gasteiger partial charge >= 0.3 is 0 Å². The van der Waals surface area contributed by atoms with Gasteiger partial charge in [0.05, 0.1) is 11.7 Å². The van der Waals surface area contributed by atoms with Crippen LogP contribution in [0.2, 0.25) is 0 Å². The molecule has 0 bridgehead atoms. The lowest BCUT2D eigenvalue weighted by Crippen LogP contribution is -1.89. The fourth-order valence-electron chi connectivity index (χ4n) is 1.94. The number of aromatic nitrogens is 2. The first-order valence-corrected chi connectivity index (χ1v) is 6.92. The fourth-order valence-corrected chi connectivity index (χ4v) is 2.98. The van der Waals surface area contributed by atoms with Crippen molar-refractivity contribution in [2.24, 2.45) is 0 Å². The highest BCUT2D eigenvalue weighted by atomic mass is 32.2. The maximum Gasteiger partial charge on any atom is 0.172 e. The molecule has 18 heavy (non-hydrogen) atoms. The zero-order valence-electron chi connectivity index (χ0n) is 10.2. The van der Waals surface area contributed by atoms with Crippen LogP contribution in [0.3, 0.4) is 0 Å². The van der Waals surface area contributed by atoms with E-state index < -0.39 is 0 Å². The van der Waals surface area contributed by atoms with Crippen LogP contribution >= 0.6 is 11.8 Å². The van der Waals surface area contributed by atoms with Crippen LogP contribution in [0.25, 0.3) is 5.52 Å². The monoisotopic (exact) mass is 254 g/mol. The molecule has 0 aliphatic rings. The summed E-state index contributed by atoms with van der Waals surface area (Å²) in [7, 11) is 0. The molecule has 3 heteroatoms. The predicted octanol–water partition coefficient (Wildman–Crippen LogP) is 3.94. The lowest BCUT2D eigenvalue weighted by atomic mass is 10.1. The molecule has 0 atom stereocenters. The molecule has 3 aromatic rings. The van der Waals surface area contributed by atoms with E-state index in [1.54, 1.807) is 11.8 Å². The Labute approximate surface area is 111 Å². The number of rotatable bonds is 3. The van der Waals surface area contributed by atoms with Crippen LogP contribution in [-0.2, 0) is 5.75 Å². The fraction of sp³-hybridized carbons (Fsp3) is 0.133. The molecule has 0 aliphatic heterocycles. The van der Waals surface area contributed by atoms with Gasteiger partial charge in [0.25, 0.3) is 0 Å². The zero-order valence-corrected chi connectivity index (χ0v) is 11.0. The molecule has 0 saturated carbocycles. The van der Waals surface area contributed by atoms with Crippen LogP contribution in [0.5, 0.6) is 0 Å². The average molecular weight is 254 g/mol. The Balaban J connectivity index is 1.83. The maximum atomic E-state index is 4.47. The molecule has 0 saturated heterocycles. The third kappa shape index (κ3) is 2.14. The second kappa shape index (κ2) is 4.86. The second-order valence-electron chi connectivity index (χ2n) is 4.25. The highest BCUT2D eigenvalue weighted by Gasteiger charge is 2.04. The molecule has 3 rings (SSSR count). The molecule has 0 radical (unpaired) electrons. The van der Waals surface area contributed by atoms with Gasteiger partial charge in [-0.1, -0.05) is 42.1 Å². The van der Waals surface area contributed by atoms with E-state index >= 15 is 0 Å². The summed E-state index contributed by atoms with van der Waals surface area (Å²) in [6.45, 7) is 2.15. The summed E-state index contributed by atoms with van der Waals surface area (Å²) in [5, 5.41) is 1.05. The van der Waals surface area contributed by atoms with Crippen molar-refractivity contribution in [3.05, 3.63) is 66.0 Å². The molecule has 0 spiro atoms. The van der Waals surface area contributed by atoms with Crippen LogP contribution in [0.4, 0.5) is 0 Å². The van der Waals surface area contributed by atoms with Crippen LogP contribution in [0.15, 0.2) is 60.0 Å². The van der Waals surface area contributed by atoms with Crippen LogP contribution in [0.1, 0.15) is 11.1 Å². The molecule has 1 aromatic carbocycles. The van der Waals surface area contributed by atoms with Gasteiger partial charge in [-0.05, 0) is 30.2 Å². The van der Waals surface area contributed by atoms with Gasteiger partial charge in [0.1, 0.15) is 0 Å². The number of hydrogen-bond acceptors (Lipinski definition) is 2. The molecular weight excluding hydrogens is 240 g/mol. The minimum atomic E-state index is 0.959.